The molecule has 0 bridgehead atoms. The minimum atomic E-state index is -2.85. The highest BCUT2D eigenvalue weighted by molar-refractivity contribution is 9.10. The summed E-state index contributed by atoms with van der Waals surface area (Å²) >= 11 is 3.68. The zero-order chi connectivity index (χ0) is 8.04. The summed E-state index contributed by atoms with van der Waals surface area (Å²) in [5.41, 5.74) is 0. The van der Waals surface area contributed by atoms with E-state index in [9.17, 15) is 8.78 Å². The van der Waals surface area contributed by atoms with Gasteiger partial charge < -0.3 is 0 Å². The predicted molar refractivity (Wildman–Crippen MR) is 45.7 cm³/mol. The molecule has 59 valence electrons. The third-order valence-electron chi connectivity index (χ3n) is 0.665. The molecule has 0 fully saturated rings. The Balaban J connectivity index is 3.37. The van der Waals surface area contributed by atoms with E-state index in [0.29, 0.717) is 11.5 Å². The number of thioether (sulfide) groups is 1. The molecule has 0 saturated heterocycles. The van der Waals surface area contributed by atoms with E-state index >= 15 is 0 Å². The molecule has 0 aliphatic carbocycles. The van der Waals surface area contributed by atoms with Crippen LogP contribution in [0.2, 0.25) is 0 Å². The van der Waals surface area contributed by atoms with Crippen LogP contribution in [-0.4, -0.2) is 16.3 Å². The molecule has 0 spiro atoms. The fourth-order valence-corrected chi connectivity index (χ4v) is 0.919. The monoisotopic (exact) mass is 229 g/mol. The summed E-state index contributed by atoms with van der Waals surface area (Å²) in [5, 5.41) is 0. The predicted octanol–water partition coefficient (Wildman–Crippen LogP) is 3.10. The van der Waals surface area contributed by atoms with Gasteiger partial charge in [0.25, 0.3) is 0 Å². The fraction of sp³-hybridized carbons (Fsp3) is 0.500. The average molecular weight is 230 g/mol. The quantitative estimate of drug-likeness (QED) is 0.406. The lowest BCUT2D eigenvalue weighted by molar-refractivity contribution is 0.171. The van der Waals surface area contributed by atoms with Crippen LogP contribution >= 0.6 is 27.7 Å². The SMILES string of the molecule is [CH2]CSCC=CC(F)(F)Br. The standard InChI is InChI=1S/C6H8BrF2S/c1-2-10-5-3-4-6(7,8)9/h3-4H,1-2,5H2. The fourth-order valence-electron chi connectivity index (χ4n) is 0.333. The summed E-state index contributed by atoms with van der Waals surface area (Å²) in [6.45, 7) is 3.55. The van der Waals surface area contributed by atoms with Crippen LogP contribution in [0.25, 0.3) is 0 Å². The molecule has 0 heterocycles. The lowest BCUT2D eigenvalue weighted by Gasteiger charge is -1.98. The Morgan fingerprint density at radius 2 is 2.20 bits per heavy atom. The largest absolute Gasteiger partial charge is 0.319 e. The number of hydrogen-bond acceptors (Lipinski definition) is 1. The Morgan fingerprint density at radius 1 is 1.60 bits per heavy atom. The number of alkyl halides is 3. The highest BCUT2D eigenvalue weighted by atomic mass is 79.9. The van der Waals surface area contributed by atoms with Crippen LogP contribution in [0.15, 0.2) is 12.2 Å². The van der Waals surface area contributed by atoms with E-state index in [-0.39, 0.29) is 0 Å². The van der Waals surface area contributed by atoms with E-state index in [1.54, 1.807) is 0 Å². The molecule has 0 rings (SSSR count). The van der Waals surface area contributed by atoms with Crippen molar-refractivity contribution in [2.45, 2.75) is 4.83 Å². The third kappa shape index (κ3) is 8.43. The van der Waals surface area contributed by atoms with Crippen LogP contribution in [0.1, 0.15) is 0 Å². The van der Waals surface area contributed by atoms with Crippen LogP contribution in [0, 0.1) is 6.92 Å². The minimum Gasteiger partial charge on any atom is -0.189 e. The zero-order valence-electron chi connectivity index (χ0n) is 5.32. The molecule has 0 N–H and O–H groups in total. The number of hydrogen-bond donors (Lipinski definition) is 0. The number of rotatable bonds is 4. The first-order valence-electron chi connectivity index (χ1n) is 2.67. The van der Waals surface area contributed by atoms with Crippen LogP contribution in [0.4, 0.5) is 8.78 Å². The van der Waals surface area contributed by atoms with Crippen molar-refractivity contribution in [3.63, 3.8) is 0 Å². The van der Waals surface area contributed by atoms with Gasteiger partial charge in [-0.1, -0.05) is 6.08 Å². The van der Waals surface area contributed by atoms with Crippen molar-refractivity contribution in [2.24, 2.45) is 0 Å². The van der Waals surface area contributed by atoms with E-state index in [1.807, 2.05) is 0 Å². The molecular formula is C6H8BrF2S. The van der Waals surface area contributed by atoms with Crippen LogP contribution in [0.3, 0.4) is 0 Å². The molecule has 0 aromatic heterocycles. The van der Waals surface area contributed by atoms with Gasteiger partial charge in [-0.05, 0) is 34.7 Å². The molecular weight excluding hydrogens is 222 g/mol. The molecule has 0 unspecified atom stereocenters. The lowest BCUT2D eigenvalue weighted by atomic mass is 10.5. The summed E-state index contributed by atoms with van der Waals surface area (Å²) in [6, 6.07) is 0. The molecule has 0 aromatic carbocycles. The lowest BCUT2D eigenvalue weighted by Crippen LogP contribution is -1.97. The molecule has 1 radical (unpaired) electrons. The van der Waals surface area contributed by atoms with Gasteiger partial charge in [-0.3, -0.25) is 0 Å². The average Bonchev–Trinajstić information content (AvgIpc) is 1.78. The number of halogens is 3. The second-order valence-corrected chi connectivity index (χ2v) is 3.73. The highest BCUT2D eigenvalue weighted by Crippen LogP contribution is 2.22. The summed E-state index contributed by atoms with van der Waals surface area (Å²) in [6.07, 6.45) is 2.25. The Morgan fingerprint density at radius 3 is 2.60 bits per heavy atom. The van der Waals surface area contributed by atoms with Crippen molar-refractivity contribution in [1.82, 2.24) is 0 Å². The highest BCUT2D eigenvalue weighted by Gasteiger charge is 2.17. The van der Waals surface area contributed by atoms with Gasteiger partial charge in [0.1, 0.15) is 0 Å². The third-order valence-corrected chi connectivity index (χ3v) is 1.65. The van der Waals surface area contributed by atoms with Crippen molar-refractivity contribution in [3.05, 3.63) is 19.1 Å². The maximum atomic E-state index is 12.0. The molecule has 0 aliphatic rings. The van der Waals surface area contributed by atoms with Gasteiger partial charge in [-0.15, -0.1) is 0 Å². The van der Waals surface area contributed by atoms with E-state index in [1.165, 1.54) is 17.8 Å². The van der Waals surface area contributed by atoms with Gasteiger partial charge in [0.05, 0.1) is 0 Å². The molecule has 10 heavy (non-hydrogen) atoms. The Labute approximate surface area is 72.2 Å². The van der Waals surface area contributed by atoms with Gasteiger partial charge in [0.2, 0.25) is 0 Å². The molecule has 0 amide bonds. The normalized spacial score (nSPS) is 12.8. The van der Waals surface area contributed by atoms with Crippen LogP contribution in [-0.2, 0) is 0 Å². The van der Waals surface area contributed by atoms with E-state index in [2.05, 4.69) is 22.9 Å². The number of allylic oxidation sites excluding steroid dienone is 1. The van der Waals surface area contributed by atoms with E-state index in [0.717, 1.165) is 6.08 Å². The van der Waals surface area contributed by atoms with E-state index < -0.39 is 4.83 Å². The Hall–Kier alpha value is 0.430. The molecule has 4 heteroatoms. The van der Waals surface area contributed by atoms with Crippen molar-refractivity contribution < 1.29 is 8.78 Å². The van der Waals surface area contributed by atoms with Crippen molar-refractivity contribution in [3.8, 4) is 0 Å². The summed E-state index contributed by atoms with van der Waals surface area (Å²) < 4.78 is 23.9. The molecule has 0 aromatic rings. The molecule has 0 aliphatic heterocycles. The van der Waals surface area contributed by atoms with Gasteiger partial charge in [0, 0.05) is 5.75 Å². The van der Waals surface area contributed by atoms with Crippen LogP contribution in [0.5, 0.6) is 0 Å². The summed E-state index contributed by atoms with van der Waals surface area (Å²) in [7, 11) is 0. The minimum absolute atomic E-state index is 0.588. The Bertz CT molecular complexity index is 109. The summed E-state index contributed by atoms with van der Waals surface area (Å²) in [5.74, 6) is 1.29. The maximum Gasteiger partial charge on any atom is 0.319 e. The second kappa shape index (κ2) is 5.13. The zero-order valence-corrected chi connectivity index (χ0v) is 7.72. The Kier molecular flexibility index (Phi) is 5.35. The van der Waals surface area contributed by atoms with E-state index in [4.69, 9.17) is 0 Å². The van der Waals surface area contributed by atoms with Gasteiger partial charge >= 0.3 is 4.83 Å². The van der Waals surface area contributed by atoms with Gasteiger partial charge in [-0.25, -0.2) is 0 Å². The molecule has 0 saturated carbocycles. The van der Waals surface area contributed by atoms with Crippen molar-refractivity contribution >= 4 is 27.7 Å². The van der Waals surface area contributed by atoms with Crippen molar-refractivity contribution in [1.29, 1.82) is 0 Å². The topological polar surface area (TPSA) is 0 Å². The second-order valence-electron chi connectivity index (χ2n) is 1.52. The molecule has 0 nitrogen and oxygen atoms in total. The first-order chi connectivity index (χ1) is 4.56. The van der Waals surface area contributed by atoms with Gasteiger partial charge in [0.15, 0.2) is 0 Å². The molecule has 0 atom stereocenters. The van der Waals surface area contributed by atoms with Gasteiger partial charge in [-0.2, -0.15) is 20.5 Å². The first kappa shape index (κ1) is 10.4. The first-order valence-corrected chi connectivity index (χ1v) is 4.62. The smallest absolute Gasteiger partial charge is 0.189 e. The maximum absolute atomic E-state index is 12.0. The summed E-state index contributed by atoms with van der Waals surface area (Å²) in [4.78, 5) is -2.85. The van der Waals surface area contributed by atoms with Crippen LogP contribution < -0.4 is 0 Å². The van der Waals surface area contributed by atoms with Crippen molar-refractivity contribution in [2.75, 3.05) is 11.5 Å².